The van der Waals surface area contributed by atoms with Gasteiger partial charge in [0.15, 0.2) is 0 Å². The zero-order chi connectivity index (χ0) is 16.0. The van der Waals surface area contributed by atoms with Gasteiger partial charge in [-0.1, -0.05) is 38.5 Å². The van der Waals surface area contributed by atoms with Crippen LogP contribution in [-0.4, -0.2) is 18.7 Å². The normalized spacial score (nSPS) is 10.9. The number of hydrogen-bond acceptors (Lipinski definition) is 6. The molecule has 0 unspecified atom stereocenters. The Balaban J connectivity index is 2.38. The monoisotopic (exact) mass is 296 g/mol. The summed E-state index contributed by atoms with van der Waals surface area (Å²) in [5.41, 5.74) is 1.88. The Morgan fingerprint density at radius 2 is 1.76 bits per heavy atom. The molecule has 0 spiro atoms. The predicted octanol–water partition coefficient (Wildman–Crippen LogP) is 3.51. The van der Waals surface area contributed by atoms with Crippen molar-refractivity contribution in [3.05, 3.63) is 34.9 Å². The highest BCUT2D eigenvalue weighted by molar-refractivity contribution is 5.90. The van der Waals surface area contributed by atoms with Gasteiger partial charge in [0, 0.05) is 0 Å². The van der Waals surface area contributed by atoms with Crippen LogP contribution in [0.4, 0.5) is 4.79 Å². The van der Waals surface area contributed by atoms with Crippen LogP contribution in [0.5, 0.6) is 0 Å². The number of benzene rings is 1. The molecular formula is C15H20O6. The van der Waals surface area contributed by atoms with E-state index in [0.29, 0.717) is 5.56 Å². The van der Waals surface area contributed by atoms with E-state index in [1.165, 1.54) is 0 Å². The molecule has 0 aromatic heterocycles. The Morgan fingerprint density at radius 1 is 1.10 bits per heavy atom. The fourth-order valence-electron chi connectivity index (χ4n) is 1.46. The summed E-state index contributed by atoms with van der Waals surface area (Å²) in [6.07, 6.45) is -1.07. The highest BCUT2D eigenvalue weighted by atomic mass is 17.5. The average molecular weight is 296 g/mol. The first kappa shape index (κ1) is 17.0. The lowest BCUT2D eigenvalue weighted by molar-refractivity contribution is -0.452. The molecule has 0 amide bonds. The maximum absolute atomic E-state index is 11.7. The Kier molecular flexibility index (Phi) is 5.72. The summed E-state index contributed by atoms with van der Waals surface area (Å²) in [6, 6.07) is 5.20. The largest absolute Gasteiger partial charge is 0.543 e. The minimum atomic E-state index is -1.07. The minimum Gasteiger partial charge on any atom is -0.432 e. The van der Waals surface area contributed by atoms with Crippen molar-refractivity contribution in [3.8, 4) is 0 Å². The summed E-state index contributed by atoms with van der Waals surface area (Å²) in [4.78, 5) is 31.4. The van der Waals surface area contributed by atoms with Crippen LogP contribution >= 0.6 is 0 Å². The second-order valence-electron chi connectivity index (χ2n) is 5.94. The average Bonchev–Trinajstić information content (AvgIpc) is 2.35. The summed E-state index contributed by atoms with van der Waals surface area (Å²) in [6.45, 7) is 9.50. The standard InChI is InChI=1S/C15H20O6/c1-10-6-7-12(11(2)8-10)13(16)19-21-20-14(17)18-9-15(3,4)5/h6-8H,9H2,1-5H3. The third-order valence-corrected chi connectivity index (χ3v) is 2.44. The molecule has 0 bridgehead atoms. The predicted molar refractivity (Wildman–Crippen MR) is 74.3 cm³/mol. The van der Waals surface area contributed by atoms with E-state index in [0.717, 1.165) is 11.1 Å². The Bertz CT molecular complexity index is 515. The van der Waals surface area contributed by atoms with Crippen molar-refractivity contribution in [1.82, 2.24) is 0 Å². The number of hydrogen-bond donors (Lipinski definition) is 0. The molecule has 1 rings (SSSR count). The second-order valence-corrected chi connectivity index (χ2v) is 5.94. The summed E-state index contributed by atoms with van der Waals surface area (Å²) < 4.78 is 4.76. The third-order valence-electron chi connectivity index (χ3n) is 2.44. The van der Waals surface area contributed by atoms with Gasteiger partial charge in [0.05, 0.1) is 17.2 Å². The lowest BCUT2D eigenvalue weighted by Gasteiger charge is -2.16. The fraction of sp³-hybridized carbons (Fsp3) is 0.467. The van der Waals surface area contributed by atoms with E-state index in [1.807, 2.05) is 33.8 Å². The molecule has 0 aliphatic heterocycles. The molecule has 116 valence electrons. The molecule has 21 heavy (non-hydrogen) atoms. The minimum absolute atomic E-state index is 0.153. The van der Waals surface area contributed by atoms with Gasteiger partial charge in [-0.2, -0.15) is 0 Å². The van der Waals surface area contributed by atoms with Gasteiger partial charge in [0.2, 0.25) is 0 Å². The van der Waals surface area contributed by atoms with Crippen LogP contribution in [0.1, 0.15) is 42.3 Å². The second kappa shape index (κ2) is 7.08. The Hall–Kier alpha value is -2.08. The van der Waals surface area contributed by atoms with Crippen molar-refractivity contribution in [1.29, 1.82) is 0 Å². The molecule has 0 atom stereocenters. The number of ether oxygens (including phenoxy) is 1. The third kappa shape index (κ3) is 6.27. The van der Waals surface area contributed by atoms with Crippen molar-refractivity contribution in [3.63, 3.8) is 0 Å². The zero-order valence-electron chi connectivity index (χ0n) is 12.9. The fourth-order valence-corrected chi connectivity index (χ4v) is 1.46. The van der Waals surface area contributed by atoms with Crippen LogP contribution in [0.3, 0.4) is 0 Å². The van der Waals surface area contributed by atoms with Crippen LogP contribution in [0.2, 0.25) is 0 Å². The van der Waals surface area contributed by atoms with Gasteiger partial charge >= 0.3 is 12.1 Å². The van der Waals surface area contributed by atoms with E-state index in [1.54, 1.807) is 19.1 Å². The van der Waals surface area contributed by atoms with E-state index in [-0.39, 0.29) is 12.0 Å². The summed E-state index contributed by atoms with van der Waals surface area (Å²) in [5, 5.41) is 4.14. The molecule has 0 saturated carbocycles. The summed E-state index contributed by atoms with van der Waals surface area (Å²) in [7, 11) is 0. The van der Waals surface area contributed by atoms with Crippen LogP contribution in [-0.2, 0) is 19.6 Å². The molecule has 0 saturated heterocycles. The zero-order valence-corrected chi connectivity index (χ0v) is 12.9. The van der Waals surface area contributed by atoms with E-state index >= 15 is 0 Å². The number of carbonyl (C=O) groups is 2. The molecule has 1 aromatic carbocycles. The van der Waals surface area contributed by atoms with Crippen molar-refractivity contribution in [2.24, 2.45) is 5.41 Å². The number of rotatable bonds is 4. The van der Waals surface area contributed by atoms with Crippen LogP contribution in [0.25, 0.3) is 0 Å². The maximum Gasteiger partial charge on any atom is 0.543 e. The first-order valence-corrected chi connectivity index (χ1v) is 6.48. The van der Waals surface area contributed by atoms with Gasteiger partial charge in [0.25, 0.3) is 0 Å². The van der Waals surface area contributed by atoms with Gasteiger partial charge in [0.1, 0.15) is 0 Å². The molecule has 0 radical (unpaired) electrons. The lowest BCUT2D eigenvalue weighted by atomic mass is 9.99. The highest BCUT2D eigenvalue weighted by Crippen LogP contribution is 2.14. The Morgan fingerprint density at radius 3 is 2.33 bits per heavy atom. The summed E-state index contributed by atoms with van der Waals surface area (Å²) in [5.74, 6) is -0.754. The van der Waals surface area contributed by atoms with Gasteiger partial charge in [-0.3, -0.25) is 4.89 Å². The molecule has 0 N–H and O–H groups in total. The number of carbonyl (C=O) groups excluding carboxylic acids is 2. The van der Waals surface area contributed by atoms with Crippen molar-refractivity contribution in [2.45, 2.75) is 34.6 Å². The number of aryl methyl sites for hydroxylation is 2. The molecular weight excluding hydrogens is 276 g/mol. The highest BCUT2D eigenvalue weighted by Gasteiger charge is 2.17. The molecule has 6 nitrogen and oxygen atoms in total. The van der Waals surface area contributed by atoms with Gasteiger partial charge in [-0.25, -0.2) is 14.5 Å². The van der Waals surface area contributed by atoms with Crippen LogP contribution in [0, 0.1) is 19.3 Å². The molecule has 0 heterocycles. The molecule has 1 aromatic rings. The smallest absolute Gasteiger partial charge is 0.432 e. The first-order valence-electron chi connectivity index (χ1n) is 6.48. The molecule has 6 heteroatoms. The molecule has 0 fully saturated rings. The van der Waals surface area contributed by atoms with E-state index in [9.17, 15) is 9.59 Å². The SMILES string of the molecule is Cc1ccc(C(=O)OOOC(=O)OCC(C)(C)C)c(C)c1. The Labute approximate surface area is 123 Å². The summed E-state index contributed by atoms with van der Waals surface area (Å²) >= 11 is 0. The topological polar surface area (TPSA) is 71.1 Å². The van der Waals surface area contributed by atoms with Crippen molar-refractivity contribution in [2.75, 3.05) is 6.61 Å². The van der Waals surface area contributed by atoms with E-state index in [2.05, 4.69) is 14.8 Å². The molecule has 0 aliphatic carbocycles. The quantitative estimate of drug-likeness (QED) is 0.481. The maximum atomic E-state index is 11.7. The first-order chi connectivity index (χ1) is 9.69. The van der Waals surface area contributed by atoms with Crippen molar-refractivity contribution >= 4 is 12.1 Å². The lowest BCUT2D eigenvalue weighted by Crippen LogP contribution is -2.19. The molecule has 0 aliphatic rings. The van der Waals surface area contributed by atoms with Crippen LogP contribution < -0.4 is 0 Å². The van der Waals surface area contributed by atoms with Gasteiger partial charge in [-0.15, -0.1) is 0 Å². The van der Waals surface area contributed by atoms with Crippen LogP contribution in [0.15, 0.2) is 18.2 Å². The van der Waals surface area contributed by atoms with Gasteiger partial charge < -0.3 is 4.74 Å². The van der Waals surface area contributed by atoms with Gasteiger partial charge in [-0.05, 0) is 30.9 Å². The van der Waals surface area contributed by atoms with E-state index < -0.39 is 12.1 Å². The van der Waals surface area contributed by atoms with Crippen molar-refractivity contribution < 1.29 is 29.1 Å². The van der Waals surface area contributed by atoms with E-state index in [4.69, 9.17) is 4.74 Å².